The van der Waals surface area contributed by atoms with Crippen LogP contribution in [0.2, 0.25) is 0 Å². The van der Waals surface area contributed by atoms with E-state index in [1.165, 1.54) is 17.8 Å². The SMILES string of the molecule is CC1(CO)C(O)CCC2(C)C(CC(=O)NCc3ccc4c(c3)OCO4)c3nc(NC(=O)C4CCCCC4)sc3CC12. The third kappa shape index (κ3) is 5.23. The fourth-order valence-corrected chi connectivity index (χ4v) is 8.85. The van der Waals surface area contributed by atoms with Crippen molar-refractivity contribution in [2.75, 3.05) is 18.7 Å². The molecule has 2 saturated carbocycles. The standard InChI is InChI=1S/C31H41N3O6S/c1-30-11-10-25(36)31(2,16-35)24(30)14-23-27(33-29(41-23)34-28(38)19-6-4-3-5-7-19)20(30)13-26(37)32-15-18-8-9-21-22(12-18)40-17-39-21/h8-9,12,19-20,24-25,35-36H,3-7,10-11,13-17H2,1-2H3,(H,32,37)(H,33,34,38). The molecule has 6 rings (SSSR count). The van der Waals surface area contributed by atoms with Crippen LogP contribution in [0.4, 0.5) is 5.13 Å². The van der Waals surface area contributed by atoms with Crippen LogP contribution in [0.15, 0.2) is 18.2 Å². The lowest BCUT2D eigenvalue weighted by atomic mass is 9.47. The molecule has 1 aliphatic heterocycles. The number of ether oxygens (including phenoxy) is 2. The molecule has 1 aromatic heterocycles. The van der Waals surface area contributed by atoms with Crippen molar-refractivity contribution in [1.82, 2.24) is 10.3 Å². The van der Waals surface area contributed by atoms with E-state index in [4.69, 9.17) is 14.5 Å². The Kier molecular flexibility index (Phi) is 7.76. The van der Waals surface area contributed by atoms with E-state index in [2.05, 4.69) is 17.6 Å². The third-order valence-corrected chi connectivity index (χ3v) is 11.4. The van der Waals surface area contributed by atoms with Crippen LogP contribution in [0, 0.1) is 22.7 Å². The largest absolute Gasteiger partial charge is 0.454 e. The maximum atomic E-state index is 13.5. The van der Waals surface area contributed by atoms with E-state index in [1.807, 2.05) is 25.1 Å². The topological polar surface area (TPSA) is 130 Å². The summed E-state index contributed by atoms with van der Waals surface area (Å²) in [5, 5.41) is 28.3. The Morgan fingerprint density at radius 1 is 1.12 bits per heavy atom. The predicted molar refractivity (Wildman–Crippen MR) is 155 cm³/mol. The van der Waals surface area contributed by atoms with Gasteiger partial charge in [0.15, 0.2) is 16.6 Å². The monoisotopic (exact) mass is 583 g/mol. The Morgan fingerprint density at radius 3 is 2.68 bits per heavy atom. The highest BCUT2D eigenvalue weighted by atomic mass is 32.1. The van der Waals surface area contributed by atoms with Crippen LogP contribution in [-0.2, 0) is 22.6 Å². The zero-order valence-corrected chi connectivity index (χ0v) is 24.7. The number of amides is 2. The van der Waals surface area contributed by atoms with Gasteiger partial charge in [0, 0.05) is 35.1 Å². The van der Waals surface area contributed by atoms with Gasteiger partial charge in [0.25, 0.3) is 0 Å². The molecular weight excluding hydrogens is 542 g/mol. The van der Waals surface area contributed by atoms with Gasteiger partial charge in [-0.15, -0.1) is 11.3 Å². The number of carbonyl (C=O) groups is 2. The number of fused-ring (bicyclic) bond motifs is 3. The lowest BCUT2D eigenvalue weighted by molar-refractivity contribution is -0.144. The summed E-state index contributed by atoms with van der Waals surface area (Å²) in [5.41, 5.74) is 0.758. The van der Waals surface area contributed by atoms with Gasteiger partial charge < -0.3 is 30.3 Å². The van der Waals surface area contributed by atoms with Crippen LogP contribution < -0.4 is 20.1 Å². The molecule has 0 bridgehead atoms. The number of carbonyl (C=O) groups excluding carboxylic acids is 2. The smallest absolute Gasteiger partial charge is 0.231 e. The molecule has 2 heterocycles. The average molecular weight is 584 g/mol. The number of aromatic nitrogens is 1. The molecular formula is C31H41N3O6S. The van der Waals surface area contributed by atoms with Crippen molar-refractivity contribution in [3.8, 4) is 11.5 Å². The molecule has 5 unspecified atom stereocenters. The second-order valence-electron chi connectivity index (χ2n) is 12.9. The van der Waals surface area contributed by atoms with E-state index in [1.54, 1.807) is 0 Å². The lowest BCUT2D eigenvalue weighted by Gasteiger charge is -2.58. The first-order valence-electron chi connectivity index (χ1n) is 15.0. The Balaban J connectivity index is 1.25. The molecule has 1 aromatic carbocycles. The summed E-state index contributed by atoms with van der Waals surface area (Å²) in [6.07, 6.45) is 6.74. The normalized spacial score (nSPS) is 30.8. The van der Waals surface area contributed by atoms with Crippen LogP contribution in [0.1, 0.15) is 87.3 Å². The molecule has 9 nitrogen and oxygen atoms in total. The van der Waals surface area contributed by atoms with Gasteiger partial charge >= 0.3 is 0 Å². The fourth-order valence-electron chi connectivity index (χ4n) is 7.78. The van der Waals surface area contributed by atoms with Crippen molar-refractivity contribution in [2.45, 2.75) is 90.2 Å². The number of nitrogens with zero attached hydrogens (tertiary/aromatic N) is 1. The van der Waals surface area contributed by atoms with Gasteiger partial charge in [0.05, 0.1) is 18.4 Å². The van der Waals surface area contributed by atoms with E-state index in [0.29, 0.717) is 36.0 Å². The highest BCUT2D eigenvalue weighted by molar-refractivity contribution is 7.15. The third-order valence-electron chi connectivity index (χ3n) is 10.4. The highest BCUT2D eigenvalue weighted by Crippen LogP contribution is 2.62. The maximum Gasteiger partial charge on any atom is 0.231 e. The summed E-state index contributed by atoms with van der Waals surface area (Å²) in [6.45, 7) is 4.59. The van der Waals surface area contributed by atoms with Gasteiger partial charge in [0.2, 0.25) is 18.6 Å². The number of hydrogen-bond donors (Lipinski definition) is 4. The van der Waals surface area contributed by atoms with E-state index in [0.717, 1.165) is 48.2 Å². The molecule has 4 N–H and O–H groups in total. The van der Waals surface area contributed by atoms with Gasteiger partial charge in [-0.05, 0) is 61.1 Å². The zero-order valence-electron chi connectivity index (χ0n) is 23.9. The number of thiazole rings is 1. The number of aliphatic hydroxyl groups excluding tert-OH is 2. The van der Waals surface area contributed by atoms with Crippen LogP contribution in [-0.4, -0.2) is 46.5 Å². The van der Waals surface area contributed by atoms with E-state index in [9.17, 15) is 19.8 Å². The second kappa shape index (κ2) is 11.2. The van der Waals surface area contributed by atoms with Crippen molar-refractivity contribution in [3.63, 3.8) is 0 Å². The average Bonchev–Trinajstić information content (AvgIpc) is 3.62. The quantitative estimate of drug-likeness (QED) is 0.377. The van der Waals surface area contributed by atoms with Gasteiger partial charge in [-0.3, -0.25) is 9.59 Å². The molecule has 2 aromatic rings. The summed E-state index contributed by atoms with van der Waals surface area (Å²) in [6, 6.07) is 5.65. The molecule has 0 radical (unpaired) electrons. The van der Waals surface area contributed by atoms with Gasteiger partial charge in [-0.25, -0.2) is 4.98 Å². The molecule has 5 atom stereocenters. The first-order valence-corrected chi connectivity index (χ1v) is 15.8. The summed E-state index contributed by atoms with van der Waals surface area (Å²) < 4.78 is 10.9. The summed E-state index contributed by atoms with van der Waals surface area (Å²) >= 11 is 1.48. The second-order valence-corrected chi connectivity index (χ2v) is 13.9. The molecule has 4 aliphatic rings. The van der Waals surface area contributed by atoms with Gasteiger partial charge in [-0.2, -0.15) is 0 Å². The minimum atomic E-state index is -0.693. The Bertz CT molecular complexity index is 1310. The molecule has 0 saturated heterocycles. The zero-order chi connectivity index (χ0) is 28.8. The van der Waals surface area contributed by atoms with Crippen molar-refractivity contribution in [2.24, 2.45) is 22.7 Å². The minimum absolute atomic E-state index is 0.0235. The number of nitrogens with one attached hydrogen (secondary N) is 2. The lowest BCUT2D eigenvalue weighted by Crippen LogP contribution is -2.57. The van der Waals surface area contributed by atoms with Crippen molar-refractivity contribution >= 4 is 28.3 Å². The molecule has 3 aliphatic carbocycles. The number of hydrogen-bond acceptors (Lipinski definition) is 8. The van der Waals surface area contributed by atoms with Crippen LogP contribution in [0.25, 0.3) is 0 Å². The van der Waals surface area contributed by atoms with E-state index in [-0.39, 0.29) is 54.8 Å². The number of anilines is 1. The molecule has 0 spiro atoms. The predicted octanol–water partition coefficient (Wildman–Crippen LogP) is 4.51. The number of benzene rings is 1. The van der Waals surface area contributed by atoms with Crippen LogP contribution in [0.5, 0.6) is 11.5 Å². The number of aliphatic hydroxyl groups is 2. The van der Waals surface area contributed by atoms with Crippen LogP contribution >= 0.6 is 11.3 Å². The number of rotatable bonds is 7. The fraction of sp³-hybridized carbons (Fsp3) is 0.645. The Morgan fingerprint density at radius 2 is 1.90 bits per heavy atom. The molecule has 41 heavy (non-hydrogen) atoms. The van der Waals surface area contributed by atoms with Crippen LogP contribution in [0.3, 0.4) is 0 Å². The first-order chi connectivity index (χ1) is 19.7. The van der Waals surface area contributed by atoms with Gasteiger partial charge in [-0.1, -0.05) is 39.2 Å². The molecule has 10 heteroatoms. The molecule has 2 amide bonds. The van der Waals surface area contributed by atoms with Crippen molar-refractivity contribution in [3.05, 3.63) is 34.3 Å². The maximum absolute atomic E-state index is 13.5. The highest BCUT2D eigenvalue weighted by Gasteiger charge is 2.59. The summed E-state index contributed by atoms with van der Waals surface area (Å²) in [4.78, 5) is 32.5. The van der Waals surface area contributed by atoms with Gasteiger partial charge in [0.1, 0.15) is 0 Å². The Labute approximate surface area is 245 Å². The minimum Gasteiger partial charge on any atom is -0.454 e. The van der Waals surface area contributed by atoms with E-state index < -0.39 is 11.5 Å². The van der Waals surface area contributed by atoms with Crippen molar-refractivity contribution in [1.29, 1.82) is 0 Å². The van der Waals surface area contributed by atoms with Crippen molar-refractivity contribution < 1.29 is 29.3 Å². The summed E-state index contributed by atoms with van der Waals surface area (Å²) in [5.74, 6) is 1.11. The molecule has 2 fully saturated rings. The molecule has 222 valence electrons. The summed E-state index contributed by atoms with van der Waals surface area (Å²) in [7, 11) is 0. The van der Waals surface area contributed by atoms with E-state index >= 15 is 0 Å². The first kappa shape index (κ1) is 28.4. The Hall–Kier alpha value is -2.69.